The summed E-state index contributed by atoms with van der Waals surface area (Å²) in [4.78, 5) is 20.3. The van der Waals surface area contributed by atoms with E-state index in [-0.39, 0.29) is 6.54 Å². The van der Waals surface area contributed by atoms with Crippen LogP contribution in [0.5, 0.6) is 5.88 Å². The third kappa shape index (κ3) is 4.23. The molecule has 0 saturated carbocycles. The van der Waals surface area contributed by atoms with Crippen molar-refractivity contribution >= 4 is 11.8 Å². The van der Waals surface area contributed by atoms with Crippen LogP contribution in [-0.4, -0.2) is 55.0 Å². The highest BCUT2D eigenvalue weighted by molar-refractivity contribution is 5.73. The van der Waals surface area contributed by atoms with Crippen LogP contribution >= 0.6 is 0 Å². The maximum absolute atomic E-state index is 10.7. The summed E-state index contributed by atoms with van der Waals surface area (Å²) in [5.74, 6) is -0.148. The average Bonchev–Trinajstić information content (AvgIpc) is 2.34. The van der Waals surface area contributed by atoms with E-state index < -0.39 is 5.97 Å². The normalized spacial score (nSPS) is 10.0. The number of ether oxygens (including phenoxy) is 2. The van der Waals surface area contributed by atoms with E-state index in [4.69, 9.17) is 14.6 Å². The van der Waals surface area contributed by atoms with E-state index in [1.54, 1.807) is 12.0 Å². The number of rotatable bonds is 7. The second-order valence-electron chi connectivity index (χ2n) is 3.23. The maximum Gasteiger partial charge on any atom is 0.323 e. The molecule has 0 unspecified atom stereocenters. The number of aliphatic carboxylic acids is 1. The van der Waals surface area contributed by atoms with Gasteiger partial charge >= 0.3 is 5.97 Å². The lowest BCUT2D eigenvalue weighted by Crippen LogP contribution is -2.33. The van der Waals surface area contributed by atoms with Crippen molar-refractivity contribution < 1.29 is 19.4 Å². The summed E-state index contributed by atoms with van der Waals surface area (Å²) < 4.78 is 9.85. The van der Waals surface area contributed by atoms with E-state index in [9.17, 15) is 4.79 Å². The molecule has 94 valence electrons. The zero-order chi connectivity index (χ0) is 12.7. The van der Waals surface area contributed by atoms with Crippen LogP contribution < -0.4 is 9.64 Å². The molecule has 0 aliphatic heterocycles. The minimum Gasteiger partial charge on any atom is -0.480 e. The third-order valence-electron chi connectivity index (χ3n) is 2.02. The first-order valence-corrected chi connectivity index (χ1v) is 4.99. The molecule has 7 heteroatoms. The van der Waals surface area contributed by atoms with Gasteiger partial charge in [-0.15, -0.1) is 0 Å². The number of hydrogen-bond acceptors (Lipinski definition) is 6. The summed E-state index contributed by atoms with van der Waals surface area (Å²) >= 11 is 0. The Morgan fingerprint density at radius 3 is 2.82 bits per heavy atom. The topological polar surface area (TPSA) is 84.8 Å². The lowest BCUT2D eigenvalue weighted by molar-refractivity contribution is -0.135. The number of carboxylic acid groups (broad SMARTS) is 1. The second-order valence-corrected chi connectivity index (χ2v) is 3.23. The van der Waals surface area contributed by atoms with Gasteiger partial charge in [0.2, 0.25) is 5.88 Å². The molecule has 1 aromatic rings. The first kappa shape index (κ1) is 13.2. The van der Waals surface area contributed by atoms with Gasteiger partial charge in [0, 0.05) is 13.7 Å². The van der Waals surface area contributed by atoms with Gasteiger partial charge in [-0.05, 0) is 0 Å². The van der Waals surface area contributed by atoms with Crippen LogP contribution in [0.3, 0.4) is 0 Å². The van der Waals surface area contributed by atoms with Gasteiger partial charge < -0.3 is 19.5 Å². The summed E-state index contributed by atoms with van der Waals surface area (Å²) in [5.41, 5.74) is 0. The molecule has 0 aromatic carbocycles. The number of carboxylic acids is 1. The highest BCUT2D eigenvalue weighted by Crippen LogP contribution is 2.13. The van der Waals surface area contributed by atoms with Crippen LogP contribution in [0.25, 0.3) is 0 Å². The van der Waals surface area contributed by atoms with E-state index in [0.717, 1.165) is 0 Å². The molecule has 0 bridgehead atoms. The maximum atomic E-state index is 10.7. The molecule has 0 spiro atoms. The van der Waals surface area contributed by atoms with Crippen molar-refractivity contribution in [2.75, 3.05) is 38.8 Å². The Hall–Kier alpha value is -1.89. The van der Waals surface area contributed by atoms with Crippen molar-refractivity contribution in [1.82, 2.24) is 9.97 Å². The Bertz CT molecular complexity index is 372. The standard InChI is InChI=1S/C10H15N3O4/c1-16-4-3-13(7-10(14)15)8-5-11-6-9(12-8)17-2/h5-6H,3-4,7H2,1-2H3,(H,14,15). The van der Waals surface area contributed by atoms with Crippen LogP contribution in [0.1, 0.15) is 0 Å². The van der Waals surface area contributed by atoms with Gasteiger partial charge in [0.05, 0.1) is 26.1 Å². The lowest BCUT2D eigenvalue weighted by atomic mass is 10.4. The number of methoxy groups -OCH3 is 2. The van der Waals surface area contributed by atoms with Gasteiger partial charge in [-0.25, -0.2) is 0 Å². The number of aromatic nitrogens is 2. The predicted molar refractivity (Wildman–Crippen MR) is 60.3 cm³/mol. The fourth-order valence-corrected chi connectivity index (χ4v) is 1.23. The minimum atomic E-state index is -0.939. The van der Waals surface area contributed by atoms with Gasteiger partial charge in [-0.1, -0.05) is 0 Å². The summed E-state index contributed by atoms with van der Waals surface area (Å²) in [7, 11) is 3.03. The van der Waals surface area contributed by atoms with Crippen molar-refractivity contribution in [3.8, 4) is 5.88 Å². The highest BCUT2D eigenvalue weighted by Gasteiger charge is 2.12. The average molecular weight is 241 g/mol. The highest BCUT2D eigenvalue weighted by atomic mass is 16.5. The van der Waals surface area contributed by atoms with E-state index in [0.29, 0.717) is 24.8 Å². The molecule has 1 heterocycles. The van der Waals surface area contributed by atoms with Crippen molar-refractivity contribution in [2.45, 2.75) is 0 Å². The number of carbonyl (C=O) groups is 1. The zero-order valence-electron chi connectivity index (χ0n) is 9.79. The number of hydrogen-bond donors (Lipinski definition) is 1. The van der Waals surface area contributed by atoms with E-state index in [1.807, 2.05) is 0 Å². The molecule has 17 heavy (non-hydrogen) atoms. The molecule has 0 fully saturated rings. The zero-order valence-corrected chi connectivity index (χ0v) is 9.79. The van der Waals surface area contributed by atoms with Gasteiger partial charge in [0.25, 0.3) is 0 Å². The van der Waals surface area contributed by atoms with E-state index >= 15 is 0 Å². The fraction of sp³-hybridized carbons (Fsp3) is 0.500. The summed E-state index contributed by atoms with van der Waals surface area (Å²) in [6, 6.07) is 0. The summed E-state index contributed by atoms with van der Waals surface area (Å²) in [5, 5.41) is 8.81. The van der Waals surface area contributed by atoms with Crippen molar-refractivity contribution in [2.24, 2.45) is 0 Å². The molecule has 0 amide bonds. The molecule has 7 nitrogen and oxygen atoms in total. The van der Waals surface area contributed by atoms with Crippen LogP contribution in [0.2, 0.25) is 0 Å². The Balaban J connectivity index is 2.82. The molecular weight excluding hydrogens is 226 g/mol. The molecule has 1 rings (SSSR count). The molecule has 0 aliphatic carbocycles. The SMILES string of the molecule is COCCN(CC(=O)O)c1cncc(OC)n1. The molecule has 0 saturated heterocycles. The summed E-state index contributed by atoms with van der Waals surface area (Å²) in [6.45, 7) is 0.669. The Labute approximate surface area is 99.0 Å². The first-order chi connectivity index (χ1) is 8.17. The second kappa shape index (κ2) is 6.64. The first-order valence-electron chi connectivity index (χ1n) is 4.99. The van der Waals surface area contributed by atoms with E-state index in [1.165, 1.54) is 19.5 Å². The minimum absolute atomic E-state index is 0.162. The van der Waals surface area contributed by atoms with E-state index in [2.05, 4.69) is 9.97 Å². The lowest BCUT2D eigenvalue weighted by Gasteiger charge is -2.20. The van der Waals surface area contributed by atoms with Gasteiger partial charge in [0.15, 0.2) is 5.82 Å². The smallest absolute Gasteiger partial charge is 0.323 e. The molecule has 1 N–H and O–H groups in total. The molecular formula is C10H15N3O4. The fourth-order valence-electron chi connectivity index (χ4n) is 1.23. The summed E-state index contributed by atoms with van der Waals surface area (Å²) in [6.07, 6.45) is 2.94. The quantitative estimate of drug-likeness (QED) is 0.720. The monoisotopic (exact) mass is 241 g/mol. The van der Waals surface area contributed by atoms with Crippen LogP contribution in [0, 0.1) is 0 Å². The number of anilines is 1. The van der Waals surface area contributed by atoms with Crippen LogP contribution in [0.15, 0.2) is 12.4 Å². The third-order valence-corrected chi connectivity index (χ3v) is 2.02. The van der Waals surface area contributed by atoms with Crippen molar-refractivity contribution in [3.63, 3.8) is 0 Å². The Kier molecular flexibility index (Phi) is 5.15. The largest absolute Gasteiger partial charge is 0.480 e. The molecule has 0 aliphatic rings. The van der Waals surface area contributed by atoms with Crippen LogP contribution in [0.4, 0.5) is 5.82 Å². The van der Waals surface area contributed by atoms with Gasteiger partial charge in [0.1, 0.15) is 6.54 Å². The Morgan fingerprint density at radius 1 is 1.47 bits per heavy atom. The predicted octanol–water partition coefficient (Wildman–Crippen LogP) is 0.0226. The van der Waals surface area contributed by atoms with Crippen LogP contribution in [-0.2, 0) is 9.53 Å². The number of nitrogens with zero attached hydrogens (tertiary/aromatic N) is 3. The molecule has 0 radical (unpaired) electrons. The molecule has 0 atom stereocenters. The van der Waals surface area contributed by atoms with Gasteiger partial charge in [-0.3, -0.25) is 9.78 Å². The molecule has 1 aromatic heterocycles. The Morgan fingerprint density at radius 2 is 2.24 bits per heavy atom. The van der Waals surface area contributed by atoms with Gasteiger partial charge in [-0.2, -0.15) is 4.98 Å². The van der Waals surface area contributed by atoms with Crippen molar-refractivity contribution in [3.05, 3.63) is 12.4 Å². The van der Waals surface area contributed by atoms with Crippen molar-refractivity contribution in [1.29, 1.82) is 0 Å².